The highest BCUT2D eigenvalue weighted by Gasteiger charge is 2.22. The maximum atomic E-state index is 12.7. The maximum Gasteiger partial charge on any atom is 0.330 e. The van der Waals surface area contributed by atoms with E-state index in [-0.39, 0.29) is 24.0 Å². The van der Waals surface area contributed by atoms with Crippen molar-refractivity contribution in [3.63, 3.8) is 0 Å². The number of amidine groups is 1. The van der Waals surface area contributed by atoms with Crippen molar-refractivity contribution in [1.29, 1.82) is 5.41 Å². The molecular weight excluding hydrogens is 450 g/mol. The topological polar surface area (TPSA) is 144 Å². The summed E-state index contributed by atoms with van der Waals surface area (Å²) in [6, 6.07) is 17.0. The monoisotopic (exact) mass is 477 g/mol. The number of benzene rings is 3. The predicted molar refractivity (Wildman–Crippen MR) is 132 cm³/mol. The van der Waals surface area contributed by atoms with Gasteiger partial charge in [0.05, 0.1) is 19.3 Å². The molecule has 0 aromatic heterocycles. The van der Waals surface area contributed by atoms with Gasteiger partial charge in [0.2, 0.25) is 5.78 Å². The number of carboxylic acid groups (broad SMARTS) is 1. The highest BCUT2D eigenvalue weighted by molar-refractivity contribution is 5.99. The standard InChI is InChI=1S/C26H27N3O6/c1-3-34-19-12-17(24(26(31)32)29-18-10-8-16(9-11-18)25(27)28)13-20(14-19)35-15-22(30)21-6-4-5-7-23(21)33-2/h4-14,24,29H,3,15H2,1-2H3,(H3,27,28)(H,31,32)/t24-/m1/s1. The molecule has 0 aliphatic heterocycles. The molecule has 0 saturated heterocycles. The first-order valence-corrected chi connectivity index (χ1v) is 10.8. The van der Waals surface area contributed by atoms with Gasteiger partial charge in [0.15, 0.2) is 12.6 Å². The molecule has 3 aromatic rings. The number of ketones is 1. The minimum absolute atomic E-state index is 0.0831. The SMILES string of the molecule is CCOc1cc(OCC(=O)c2ccccc2OC)cc([C@@H](Nc2ccc(C(=N)N)cc2)C(=O)O)c1. The average molecular weight is 478 g/mol. The number of ether oxygens (including phenoxy) is 3. The van der Waals surface area contributed by atoms with E-state index < -0.39 is 12.0 Å². The molecule has 35 heavy (non-hydrogen) atoms. The van der Waals surface area contributed by atoms with E-state index in [1.54, 1.807) is 66.7 Å². The molecule has 182 valence electrons. The summed E-state index contributed by atoms with van der Waals surface area (Å²) in [4.78, 5) is 24.8. The number of rotatable bonds is 12. The molecule has 1 atom stereocenters. The van der Waals surface area contributed by atoms with Gasteiger partial charge in [-0.05, 0) is 61.0 Å². The van der Waals surface area contributed by atoms with Gasteiger partial charge in [-0.25, -0.2) is 4.79 Å². The summed E-state index contributed by atoms with van der Waals surface area (Å²) >= 11 is 0. The second kappa shape index (κ2) is 11.6. The number of hydrogen-bond acceptors (Lipinski definition) is 7. The van der Waals surface area contributed by atoms with E-state index in [0.717, 1.165) is 0 Å². The molecule has 0 aliphatic rings. The highest BCUT2D eigenvalue weighted by atomic mass is 16.5. The molecule has 0 heterocycles. The fraction of sp³-hybridized carbons (Fsp3) is 0.192. The van der Waals surface area contributed by atoms with Gasteiger partial charge in [-0.2, -0.15) is 0 Å². The summed E-state index contributed by atoms with van der Waals surface area (Å²) in [6.07, 6.45) is 0. The van der Waals surface area contributed by atoms with E-state index in [1.165, 1.54) is 7.11 Å². The molecule has 0 unspecified atom stereocenters. The van der Waals surface area contributed by atoms with Crippen LogP contribution in [-0.2, 0) is 4.79 Å². The van der Waals surface area contributed by atoms with Crippen LogP contribution in [0.5, 0.6) is 17.2 Å². The number of carboxylic acids is 1. The Labute approximate surface area is 202 Å². The average Bonchev–Trinajstić information content (AvgIpc) is 2.86. The predicted octanol–water partition coefficient (Wildman–Crippen LogP) is 3.88. The second-order valence-corrected chi connectivity index (χ2v) is 7.49. The van der Waals surface area contributed by atoms with Gasteiger partial charge in [0, 0.05) is 17.3 Å². The number of Topliss-reactive ketones (excluding diaryl/α,β-unsaturated/α-hetero) is 1. The fourth-order valence-electron chi connectivity index (χ4n) is 3.40. The molecule has 9 nitrogen and oxygen atoms in total. The second-order valence-electron chi connectivity index (χ2n) is 7.49. The molecular formula is C26H27N3O6. The van der Waals surface area contributed by atoms with Crippen molar-refractivity contribution in [3.8, 4) is 17.2 Å². The van der Waals surface area contributed by atoms with Crippen LogP contribution in [0.25, 0.3) is 0 Å². The Kier molecular flexibility index (Phi) is 8.29. The van der Waals surface area contributed by atoms with Gasteiger partial charge < -0.3 is 30.4 Å². The third-order valence-corrected chi connectivity index (χ3v) is 5.08. The Hall–Kier alpha value is -4.53. The molecule has 0 fully saturated rings. The van der Waals surface area contributed by atoms with Crippen LogP contribution in [0.15, 0.2) is 66.7 Å². The van der Waals surface area contributed by atoms with Gasteiger partial charge >= 0.3 is 5.97 Å². The summed E-state index contributed by atoms with van der Waals surface area (Å²) in [6.45, 7) is 1.90. The first kappa shape index (κ1) is 25.1. The van der Waals surface area contributed by atoms with Gasteiger partial charge in [-0.1, -0.05) is 12.1 Å². The number of para-hydroxylation sites is 1. The van der Waals surface area contributed by atoms with Crippen LogP contribution in [0, 0.1) is 5.41 Å². The number of aliphatic carboxylic acids is 1. The number of carbonyl (C=O) groups is 2. The molecule has 0 radical (unpaired) electrons. The van der Waals surface area contributed by atoms with E-state index in [0.29, 0.717) is 40.5 Å². The van der Waals surface area contributed by atoms with E-state index in [2.05, 4.69) is 5.32 Å². The summed E-state index contributed by atoms with van der Waals surface area (Å²) < 4.78 is 16.6. The number of hydrogen-bond donors (Lipinski definition) is 4. The molecule has 0 aliphatic carbocycles. The molecule has 0 bridgehead atoms. The largest absolute Gasteiger partial charge is 0.496 e. The van der Waals surface area contributed by atoms with Crippen molar-refractivity contribution in [2.24, 2.45) is 5.73 Å². The Bertz CT molecular complexity index is 1210. The maximum absolute atomic E-state index is 12.7. The van der Waals surface area contributed by atoms with Gasteiger partial charge in [0.1, 0.15) is 23.1 Å². The number of nitrogens with two attached hydrogens (primary N) is 1. The summed E-state index contributed by atoms with van der Waals surface area (Å²) in [5.41, 5.74) is 7.29. The zero-order chi connectivity index (χ0) is 25.4. The molecule has 3 rings (SSSR count). The molecule has 0 spiro atoms. The van der Waals surface area contributed by atoms with Crippen LogP contribution in [0.1, 0.15) is 34.5 Å². The molecule has 9 heteroatoms. The van der Waals surface area contributed by atoms with Gasteiger partial charge in [0.25, 0.3) is 0 Å². The fourth-order valence-corrected chi connectivity index (χ4v) is 3.40. The van der Waals surface area contributed by atoms with Crippen molar-refractivity contribution in [2.45, 2.75) is 13.0 Å². The third kappa shape index (κ3) is 6.50. The third-order valence-electron chi connectivity index (χ3n) is 5.08. The van der Waals surface area contributed by atoms with E-state index in [9.17, 15) is 14.7 Å². The molecule has 0 saturated carbocycles. The van der Waals surface area contributed by atoms with Crippen molar-refractivity contribution in [1.82, 2.24) is 0 Å². The smallest absolute Gasteiger partial charge is 0.330 e. The summed E-state index contributed by atoms with van der Waals surface area (Å²) in [5.74, 6) is -0.357. The molecule has 0 amide bonds. The minimum Gasteiger partial charge on any atom is -0.496 e. The number of nitrogens with one attached hydrogen (secondary N) is 2. The van der Waals surface area contributed by atoms with Crippen LogP contribution < -0.4 is 25.3 Å². The summed E-state index contributed by atoms with van der Waals surface area (Å²) in [5, 5.41) is 20.3. The number of methoxy groups -OCH3 is 1. The lowest BCUT2D eigenvalue weighted by Crippen LogP contribution is -2.21. The number of carbonyl (C=O) groups excluding carboxylic acids is 1. The molecule has 3 aromatic carbocycles. The van der Waals surface area contributed by atoms with Gasteiger partial charge in [-0.15, -0.1) is 0 Å². The van der Waals surface area contributed by atoms with Crippen molar-refractivity contribution >= 4 is 23.3 Å². The van der Waals surface area contributed by atoms with E-state index in [1.807, 2.05) is 6.92 Å². The lowest BCUT2D eigenvalue weighted by Gasteiger charge is -2.19. The highest BCUT2D eigenvalue weighted by Crippen LogP contribution is 2.30. The normalized spacial score (nSPS) is 11.3. The minimum atomic E-state index is -1.13. The van der Waals surface area contributed by atoms with Crippen LogP contribution >= 0.6 is 0 Å². The first-order chi connectivity index (χ1) is 16.8. The quantitative estimate of drug-likeness (QED) is 0.175. The first-order valence-electron chi connectivity index (χ1n) is 10.8. The van der Waals surface area contributed by atoms with Crippen LogP contribution in [0.3, 0.4) is 0 Å². The Morgan fingerprint density at radius 3 is 2.29 bits per heavy atom. The zero-order valence-corrected chi connectivity index (χ0v) is 19.4. The number of nitrogen functional groups attached to an aromatic ring is 1. The van der Waals surface area contributed by atoms with Crippen molar-refractivity contribution in [3.05, 3.63) is 83.4 Å². The lowest BCUT2D eigenvalue weighted by atomic mass is 10.0. The Morgan fingerprint density at radius 2 is 1.69 bits per heavy atom. The van der Waals surface area contributed by atoms with E-state index in [4.69, 9.17) is 25.4 Å². The zero-order valence-electron chi connectivity index (χ0n) is 19.4. The Balaban J connectivity index is 1.85. The van der Waals surface area contributed by atoms with Gasteiger partial charge in [-0.3, -0.25) is 10.2 Å². The van der Waals surface area contributed by atoms with E-state index >= 15 is 0 Å². The van der Waals surface area contributed by atoms with Crippen molar-refractivity contribution in [2.75, 3.05) is 25.6 Å². The Morgan fingerprint density at radius 1 is 1.03 bits per heavy atom. The van der Waals surface area contributed by atoms with Crippen LogP contribution in [0.2, 0.25) is 0 Å². The summed E-state index contributed by atoms with van der Waals surface area (Å²) in [7, 11) is 1.48. The van der Waals surface area contributed by atoms with Crippen molar-refractivity contribution < 1.29 is 28.9 Å². The molecule has 5 N–H and O–H groups in total. The number of anilines is 1. The van der Waals surface area contributed by atoms with Crippen LogP contribution in [-0.4, -0.2) is 43.0 Å². The lowest BCUT2D eigenvalue weighted by molar-refractivity contribution is -0.138. The van der Waals surface area contributed by atoms with Crippen LogP contribution in [0.4, 0.5) is 5.69 Å².